The molecule has 1 aromatic heterocycles. The van der Waals surface area contributed by atoms with Crippen LogP contribution in [0.15, 0.2) is 52.1 Å². The second kappa shape index (κ2) is 7.14. The van der Waals surface area contributed by atoms with Crippen molar-refractivity contribution >= 4 is 39.2 Å². The number of amides is 1. The van der Waals surface area contributed by atoms with E-state index in [1.165, 1.54) is 11.8 Å². The van der Waals surface area contributed by atoms with Gasteiger partial charge in [-0.2, -0.15) is 0 Å². The Kier molecular flexibility index (Phi) is 4.94. The normalized spacial score (nSPS) is 16.8. The van der Waals surface area contributed by atoms with Crippen LogP contribution in [0.4, 0.5) is 5.69 Å². The maximum Gasteiger partial charge on any atom is 0.302 e. The minimum atomic E-state index is -0.822. The summed E-state index contributed by atoms with van der Waals surface area (Å²) in [5.74, 6) is -0.690. The highest BCUT2D eigenvalue weighted by atomic mass is 79.9. The van der Waals surface area contributed by atoms with Crippen molar-refractivity contribution in [3.8, 4) is 0 Å². The van der Waals surface area contributed by atoms with Crippen LogP contribution in [0, 0.1) is 0 Å². The summed E-state index contributed by atoms with van der Waals surface area (Å²) in [6.07, 6.45) is 1.67. The molecule has 1 atom stereocenters. The molecule has 0 saturated carbocycles. The summed E-state index contributed by atoms with van der Waals surface area (Å²) in [4.78, 5) is 34.4. The zero-order chi connectivity index (χ0) is 18.0. The smallest absolute Gasteiger partial charge is 0.302 e. The van der Waals surface area contributed by atoms with E-state index in [2.05, 4.69) is 25.9 Å². The van der Waals surface area contributed by atoms with Crippen LogP contribution in [0.3, 0.4) is 0 Å². The van der Waals surface area contributed by atoms with Gasteiger partial charge in [0.25, 0.3) is 5.91 Å². The maximum absolute atomic E-state index is 12.8. The van der Waals surface area contributed by atoms with E-state index in [0.29, 0.717) is 11.4 Å². The Morgan fingerprint density at radius 1 is 1.32 bits per heavy atom. The van der Waals surface area contributed by atoms with Gasteiger partial charge in [-0.15, -0.1) is 0 Å². The number of rotatable bonds is 3. The Bertz CT molecular complexity index is 852. The number of esters is 1. The van der Waals surface area contributed by atoms with Crippen LogP contribution in [-0.4, -0.2) is 42.3 Å². The molecular formula is C18H16BrN3O3. The van der Waals surface area contributed by atoms with E-state index in [-0.39, 0.29) is 12.5 Å². The Hall–Kier alpha value is -2.54. The monoisotopic (exact) mass is 401 g/mol. The molecule has 2 aromatic rings. The molecule has 128 valence electrons. The first-order valence-corrected chi connectivity index (χ1v) is 8.46. The molecule has 0 fully saturated rings. The van der Waals surface area contributed by atoms with E-state index in [1.807, 2.05) is 36.4 Å². The fourth-order valence-corrected chi connectivity index (χ4v) is 2.99. The Morgan fingerprint density at radius 3 is 2.80 bits per heavy atom. The molecule has 7 heteroatoms. The number of benzene rings is 1. The van der Waals surface area contributed by atoms with Crippen LogP contribution in [0.1, 0.15) is 18.2 Å². The summed E-state index contributed by atoms with van der Waals surface area (Å²) >= 11 is 3.47. The van der Waals surface area contributed by atoms with Gasteiger partial charge in [-0.3, -0.25) is 19.6 Å². The molecule has 0 radical (unpaired) electrons. The Labute approximate surface area is 153 Å². The van der Waals surface area contributed by atoms with E-state index in [4.69, 9.17) is 4.74 Å². The predicted octanol–water partition coefficient (Wildman–Crippen LogP) is 2.59. The molecule has 0 saturated heterocycles. The molecule has 0 spiro atoms. The Balaban J connectivity index is 2.16. The van der Waals surface area contributed by atoms with Gasteiger partial charge >= 0.3 is 5.97 Å². The lowest BCUT2D eigenvalue weighted by Gasteiger charge is -2.20. The van der Waals surface area contributed by atoms with Crippen molar-refractivity contribution < 1.29 is 14.3 Å². The molecule has 6 nitrogen and oxygen atoms in total. The van der Waals surface area contributed by atoms with Gasteiger partial charge in [-0.1, -0.05) is 22.0 Å². The predicted molar refractivity (Wildman–Crippen MR) is 97.8 cm³/mol. The number of hydrogen-bond donors (Lipinski definition) is 0. The second-order valence-corrected chi connectivity index (χ2v) is 6.49. The molecular weight excluding hydrogens is 386 g/mol. The van der Waals surface area contributed by atoms with Crippen molar-refractivity contribution in [1.82, 2.24) is 4.98 Å². The van der Waals surface area contributed by atoms with Crippen molar-refractivity contribution in [3.63, 3.8) is 0 Å². The maximum atomic E-state index is 12.8. The first kappa shape index (κ1) is 17.3. The van der Waals surface area contributed by atoms with E-state index < -0.39 is 12.0 Å². The highest BCUT2D eigenvalue weighted by molar-refractivity contribution is 9.10. The lowest BCUT2D eigenvalue weighted by molar-refractivity contribution is -0.142. The summed E-state index contributed by atoms with van der Waals surface area (Å²) in [7, 11) is 1.69. The number of carbonyl (C=O) groups excluding carboxylic acids is 2. The van der Waals surface area contributed by atoms with E-state index in [0.717, 1.165) is 15.7 Å². The zero-order valence-corrected chi connectivity index (χ0v) is 15.4. The molecule has 0 bridgehead atoms. The molecule has 1 aliphatic rings. The molecule has 0 unspecified atom stereocenters. The van der Waals surface area contributed by atoms with Crippen molar-refractivity contribution in [3.05, 3.63) is 58.3 Å². The van der Waals surface area contributed by atoms with Crippen molar-refractivity contribution in [1.29, 1.82) is 0 Å². The first-order valence-electron chi connectivity index (χ1n) is 7.67. The van der Waals surface area contributed by atoms with Crippen LogP contribution in [-0.2, 0) is 14.3 Å². The number of likely N-dealkylation sites (N-methyl/N-ethyl adjacent to an activating group) is 1. The van der Waals surface area contributed by atoms with Gasteiger partial charge < -0.3 is 9.64 Å². The number of nitrogens with zero attached hydrogens (tertiary/aromatic N) is 3. The number of benzodiazepines with no additional fused rings is 1. The average molecular weight is 402 g/mol. The quantitative estimate of drug-likeness (QED) is 0.740. The van der Waals surface area contributed by atoms with Crippen LogP contribution >= 0.6 is 15.9 Å². The fraction of sp³-hybridized carbons (Fsp3) is 0.222. The third-order valence-corrected chi connectivity index (χ3v) is 4.32. The van der Waals surface area contributed by atoms with Gasteiger partial charge in [0.1, 0.15) is 6.61 Å². The lowest BCUT2D eigenvalue weighted by atomic mass is 10.0. The zero-order valence-electron chi connectivity index (χ0n) is 13.8. The lowest BCUT2D eigenvalue weighted by Crippen LogP contribution is -2.37. The third-order valence-electron chi connectivity index (χ3n) is 3.83. The molecule has 2 heterocycles. The second-order valence-electron chi connectivity index (χ2n) is 5.57. The number of ether oxygens (including phenoxy) is 1. The number of carbonyl (C=O) groups is 2. The topological polar surface area (TPSA) is 71.9 Å². The molecule has 1 amide bonds. The van der Waals surface area contributed by atoms with E-state index >= 15 is 0 Å². The van der Waals surface area contributed by atoms with E-state index in [9.17, 15) is 9.59 Å². The van der Waals surface area contributed by atoms with Crippen molar-refractivity contribution in [2.75, 3.05) is 18.6 Å². The SMILES string of the molecule is CC(=O)OC[C@H]1N=C(c2ccccn2)c2cc(Br)ccc2N(C)C1=O. The number of anilines is 1. The van der Waals surface area contributed by atoms with Gasteiger partial charge in [0, 0.05) is 30.2 Å². The fourth-order valence-electron chi connectivity index (χ4n) is 2.63. The minimum Gasteiger partial charge on any atom is -0.463 e. The minimum absolute atomic E-state index is 0.107. The molecule has 3 rings (SSSR count). The third kappa shape index (κ3) is 3.61. The van der Waals surface area contributed by atoms with Gasteiger partial charge in [-0.05, 0) is 30.3 Å². The highest BCUT2D eigenvalue weighted by Gasteiger charge is 2.31. The van der Waals surface area contributed by atoms with Gasteiger partial charge in [0.05, 0.1) is 17.1 Å². The summed E-state index contributed by atoms with van der Waals surface area (Å²) in [5.41, 5.74) is 2.75. The van der Waals surface area contributed by atoms with Crippen molar-refractivity contribution in [2.45, 2.75) is 13.0 Å². The average Bonchev–Trinajstić information content (AvgIpc) is 2.70. The summed E-state index contributed by atoms with van der Waals surface area (Å²) in [6, 6.07) is 10.3. The van der Waals surface area contributed by atoms with Gasteiger partial charge in [0.15, 0.2) is 6.04 Å². The van der Waals surface area contributed by atoms with Crippen LogP contribution in [0.2, 0.25) is 0 Å². The largest absolute Gasteiger partial charge is 0.463 e. The van der Waals surface area contributed by atoms with Gasteiger partial charge in [-0.25, -0.2) is 0 Å². The summed E-state index contributed by atoms with van der Waals surface area (Å²) < 4.78 is 5.91. The number of hydrogen-bond acceptors (Lipinski definition) is 5. The number of pyridine rings is 1. The van der Waals surface area contributed by atoms with Crippen LogP contribution in [0.5, 0.6) is 0 Å². The summed E-state index contributed by atoms with van der Waals surface area (Å²) in [5, 5.41) is 0. The standard InChI is InChI=1S/C18H16BrN3O3/c1-11(23)25-10-15-18(24)22(2)16-7-6-12(19)9-13(16)17(21-15)14-5-3-4-8-20-14/h3-9,15H,10H2,1-2H3/t15-/m1/s1. The molecule has 25 heavy (non-hydrogen) atoms. The van der Waals surface area contributed by atoms with Crippen LogP contribution in [0.25, 0.3) is 0 Å². The summed E-state index contributed by atoms with van der Waals surface area (Å²) in [6.45, 7) is 1.20. The molecule has 1 aromatic carbocycles. The number of aliphatic imine (C=N–C) groups is 1. The number of aromatic nitrogens is 1. The number of fused-ring (bicyclic) bond motifs is 1. The van der Waals surface area contributed by atoms with Gasteiger partial charge in [0.2, 0.25) is 0 Å². The molecule has 0 aliphatic carbocycles. The molecule has 1 aliphatic heterocycles. The number of halogens is 1. The molecule has 0 N–H and O–H groups in total. The first-order chi connectivity index (χ1) is 12.0. The highest BCUT2D eigenvalue weighted by Crippen LogP contribution is 2.29. The van der Waals surface area contributed by atoms with E-state index in [1.54, 1.807) is 13.2 Å². The van der Waals surface area contributed by atoms with Crippen molar-refractivity contribution in [2.24, 2.45) is 4.99 Å². The van der Waals surface area contributed by atoms with Crippen LogP contribution < -0.4 is 4.90 Å². The Morgan fingerprint density at radius 2 is 2.12 bits per heavy atom.